The Balaban J connectivity index is 1.79. The maximum absolute atomic E-state index is 13.3. The van der Waals surface area contributed by atoms with Gasteiger partial charge >= 0.3 is 11.9 Å². The fourth-order valence-corrected chi connectivity index (χ4v) is 3.54. The molecule has 0 N–H and O–H groups in total. The van der Waals surface area contributed by atoms with Crippen molar-refractivity contribution < 1.29 is 23.9 Å². The summed E-state index contributed by atoms with van der Waals surface area (Å²) in [5.41, 5.74) is 0.964. The van der Waals surface area contributed by atoms with E-state index in [1.54, 1.807) is 16.8 Å². The Morgan fingerprint density at radius 3 is 2.64 bits per heavy atom. The van der Waals surface area contributed by atoms with Crippen molar-refractivity contribution in [3.05, 3.63) is 30.3 Å². The molecule has 0 aromatic heterocycles. The fraction of sp³-hybridized carbons (Fsp3) is 0.500. The van der Waals surface area contributed by atoms with E-state index >= 15 is 0 Å². The third kappa shape index (κ3) is 4.49. The number of para-hydroxylation sites is 1. The van der Waals surface area contributed by atoms with Gasteiger partial charge in [0.15, 0.2) is 0 Å². The van der Waals surface area contributed by atoms with Gasteiger partial charge in [-0.05, 0) is 31.9 Å². The van der Waals surface area contributed by atoms with E-state index in [2.05, 4.69) is 5.10 Å². The van der Waals surface area contributed by atoms with Crippen molar-refractivity contribution >= 4 is 29.2 Å². The predicted molar refractivity (Wildman–Crippen MR) is 103 cm³/mol. The SMILES string of the molecule is CCOC(=O)C1=NN(c2ccccc2)[C@H](C(=O)N2CCC[C@@H](OC(C)=O)C2)C1. The van der Waals surface area contributed by atoms with Gasteiger partial charge in [0.05, 0.1) is 18.8 Å². The topological polar surface area (TPSA) is 88.5 Å². The van der Waals surface area contributed by atoms with Gasteiger partial charge in [-0.2, -0.15) is 5.10 Å². The minimum atomic E-state index is -0.627. The first-order chi connectivity index (χ1) is 13.5. The van der Waals surface area contributed by atoms with Crippen LogP contribution in [0, 0.1) is 0 Å². The number of likely N-dealkylation sites (tertiary alicyclic amines) is 1. The largest absolute Gasteiger partial charge is 0.461 e. The second kappa shape index (κ2) is 8.86. The number of esters is 2. The number of amides is 1. The molecule has 0 bridgehead atoms. The normalized spacial score (nSPS) is 21.9. The molecule has 0 radical (unpaired) electrons. The first kappa shape index (κ1) is 19.9. The van der Waals surface area contributed by atoms with Crippen molar-refractivity contribution in [3.63, 3.8) is 0 Å². The summed E-state index contributed by atoms with van der Waals surface area (Å²) in [6, 6.07) is 8.64. The van der Waals surface area contributed by atoms with Crippen LogP contribution in [-0.2, 0) is 23.9 Å². The number of nitrogens with zero attached hydrogens (tertiary/aromatic N) is 3. The monoisotopic (exact) mass is 387 g/mol. The lowest BCUT2D eigenvalue weighted by Gasteiger charge is -2.35. The number of hydrazone groups is 1. The Hall–Kier alpha value is -2.90. The van der Waals surface area contributed by atoms with E-state index in [0.717, 1.165) is 18.5 Å². The zero-order chi connectivity index (χ0) is 20.1. The molecule has 0 aliphatic carbocycles. The number of carbonyl (C=O) groups is 3. The van der Waals surface area contributed by atoms with Gasteiger partial charge in [0, 0.05) is 19.9 Å². The molecule has 8 heteroatoms. The van der Waals surface area contributed by atoms with Gasteiger partial charge in [-0.1, -0.05) is 18.2 Å². The van der Waals surface area contributed by atoms with Crippen molar-refractivity contribution in [1.29, 1.82) is 0 Å². The van der Waals surface area contributed by atoms with Crippen LogP contribution in [0.1, 0.15) is 33.1 Å². The molecule has 1 amide bonds. The number of carbonyl (C=O) groups excluding carboxylic acids is 3. The molecule has 0 unspecified atom stereocenters. The minimum absolute atomic E-state index is 0.135. The Morgan fingerprint density at radius 1 is 1.21 bits per heavy atom. The third-order valence-electron chi connectivity index (χ3n) is 4.75. The van der Waals surface area contributed by atoms with Gasteiger partial charge in [-0.3, -0.25) is 14.6 Å². The zero-order valence-electron chi connectivity index (χ0n) is 16.2. The van der Waals surface area contributed by atoms with E-state index in [1.165, 1.54) is 6.92 Å². The van der Waals surface area contributed by atoms with Crippen LogP contribution in [0.2, 0.25) is 0 Å². The van der Waals surface area contributed by atoms with Crippen LogP contribution in [0.15, 0.2) is 35.4 Å². The number of anilines is 1. The average molecular weight is 387 g/mol. The number of hydrogen-bond acceptors (Lipinski definition) is 7. The van der Waals surface area contributed by atoms with Crippen molar-refractivity contribution in [2.75, 3.05) is 24.7 Å². The number of ether oxygens (including phenoxy) is 2. The van der Waals surface area contributed by atoms with Crippen LogP contribution in [0.3, 0.4) is 0 Å². The predicted octanol–water partition coefficient (Wildman–Crippen LogP) is 1.74. The van der Waals surface area contributed by atoms with Crippen molar-refractivity contribution in [2.45, 2.75) is 45.3 Å². The summed E-state index contributed by atoms with van der Waals surface area (Å²) >= 11 is 0. The van der Waals surface area contributed by atoms with Gasteiger partial charge in [-0.25, -0.2) is 4.79 Å². The summed E-state index contributed by atoms with van der Waals surface area (Å²) in [5, 5.41) is 5.97. The first-order valence-corrected chi connectivity index (χ1v) is 9.54. The molecular formula is C20H25N3O5. The summed E-state index contributed by atoms with van der Waals surface area (Å²) in [4.78, 5) is 38.4. The molecule has 2 aliphatic rings. The highest BCUT2D eigenvalue weighted by atomic mass is 16.5. The summed E-state index contributed by atoms with van der Waals surface area (Å²) in [7, 11) is 0. The summed E-state index contributed by atoms with van der Waals surface area (Å²) < 4.78 is 10.4. The van der Waals surface area contributed by atoms with Crippen LogP contribution in [-0.4, -0.2) is 60.3 Å². The van der Waals surface area contributed by atoms with E-state index in [-0.39, 0.29) is 36.7 Å². The van der Waals surface area contributed by atoms with Gasteiger partial charge in [0.25, 0.3) is 0 Å². The van der Waals surface area contributed by atoms with Crippen LogP contribution < -0.4 is 5.01 Å². The molecule has 3 rings (SSSR count). The highest BCUT2D eigenvalue weighted by Crippen LogP contribution is 2.27. The molecule has 28 heavy (non-hydrogen) atoms. The molecule has 1 saturated heterocycles. The van der Waals surface area contributed by atoms with Crippen molar-refractivity contribution in [3.8, 4) is 0 Å². The Bertz CT molecular complexity index is 764. The Kier molecular flexibility index (Phi) is 6.28. The lowest BCUT2D eigenvalue weighted by atomic mass is 10.0. The molecule has 0 spiro atoms. The van der Waals surface area contributed by atoms with Gasteiger partial charge in [0.2, 0.25) is 5.91 Å². The van der Waals surface area contributed by atoms with E-state index in [1.807, 2.05) is 30.3 Å². The lowest BCUT2D eigenvalue weighted by molar-refractivity contribution is -0.152. The number of rotatable bonds is 5. The molecule has 1 fully saturated rings. The third-order valence-corrected chi connectivity index (χ3v) is 4.75. The molecule has 1 aromatic rings. The highest BCUT2D eigenvalue weighted by Gasteiger charge is 2.40. The standard InChI is InChI=1S/C20H25N3O5/c1-3-27-20(26)17-12-18(23(21-17)15-8-5-4-6-9-15)19(25)22-11-7-10-16(13-22)28-14(2)24/h4-6,8-9,16,18H,3,7,10-13H2,1-2H3/t16-,18+/m1/s1. The molecule has 2 atom stereocenters. The number of benzene rings is 1. The van der Waals surface area contributed by atoms with Crippen LogP contribution in [0.25, 0.3) is 0 Å². The first-order valence-electron chi connectivity index (χ1n) is 9.54. The van der Waals surface area contributed by atoms with Crippen molar-refractivity contribution in [1.82, 2.24) is 4.90 Å². The number of hydrogen-bond donors (Lipinski definition) is 0. The van der Waals surface area contributed by atoms with Gasteiger partial charge in [0.1, 0.15) is 17.9 Å². The molecule has 1 aromatic carbocycles. The minimum Gasteiger partial charge on any atom is -0.461 e. The smallest absolute Gasteiger partial charge is 0.354 e. The Morgan fingerprint density at radius 2 is 1.96 bits per heavy atom. The molecule has 2 heterocycles. The van der Waals surface area contributed by atoms with E-state index in [9.17, 15) is 14.4 Å². The maximum atomic E-state index is 13.3. The second-order valence-corrected chi connectivity index (χ2v) is 6.83. The molecule has 150 valence electrons. The summed E-state index contributed by atoms with van der Waals surface area (Å²) in [6.45, 7) is 4.29. The molecular weight excluding hydrogens is 362 g/mol. The van der Waals surface area contributed by atoms with Crippen LogP contribution in [0.5, 0.6) is 0 Å². The quantitative estimate of drug-likeness (QED) is 0.715. The number of piperidine rings is 1. The lowest BCUT2D eigenvalue weighted by Crippen LogP contribution is -2.50. The van der Waals surface area contributed by atoms with Crippen LogP contribution >= 0.6 is 0 Å². The average Bonchev–Trinajstić information content (AvgIpc) is 3.13. The van der Waals surface area contributed by atoms with E-state index in [0.29, 0.717) is 13.1 Å². The molecule has 8 nitrogen and oxygen atoms in total. The zero-order valence-corrected chi connectivity index (χ0v) is 16.2. The maximum Gasteiger partial charge on any atom is 0.354 e. The molecule has 2 aliphatic heterocycles. The summed E-state index contributed by atoms with van der Waals surface area (Å²) in [5.74, 6) is -0.988. The Labute approximate surface area is 164 Å². The van der Waals surface area contributed by atoms with E-state index < -0.39 is 12.0 Å². The molecule has 0 saturated carbocycles. The fourth-order valence-electron chi connectivity index (χ4n) is 3.54. The van der Waals surface area contributed by atoms with Gasteiger partial charge in [-0.15, -0.1) is 0 Å². The second-order valence-electron chi connectivity index (χ2n) is 6.83. The highest BCUT2D eigenvalue weighted by molar-refractivity contribution is 6.38. The van der Waals surface area contributed by atoms with Crippen molar-refractivity contribution in [2.24, 2.45) is 5.10 Å². The van der Waals surface area contributed by atoms with Crippen LogP contribution in [0.4, 0.5) is 5.69 Å². The van der Waals surface area contributed by atoms with E-state index in [4.69, 9.17) is 9.47 Å². The summed E-state index contributed by atoms with van der Waals surface area (Å²) in [6.07, 6.45) is 1.38. The van der Waals surface area contributed by atoms with Gasteiger partial charge < -0.3 is 14.4 Å².